The summed E-state index contributed by atoms with van der Waals surface area (Å²) in [7, 11) is 1.95. The van der Waals surface area contributed by atoms with Crippen LogP contribution in [0.15, 0.2) is 48.5 Å². The van der Waals surface area contributed by atoms with Crippen molar-refractivity contribution in [3.8, 4) is 11.1 Å². The van der Waals surface area contributed by atoms with E-state index in [2.05, 4.69) is 24.3 Å². The Labute approximate surface area is 153 Å². The first-order valence-electron chi connectivity index (χ1n) is 9.10. The Balaban J connectivity index is 1.49. The van der Waals surface area contributed by atoms with Crippen molar-refractivity contribution in [2.24, 2.45) is 0 Å². The van der Waals surface area contributed by atoms with Gasteiger partial charge in [-0.1, -0.05) is 48.5 Å². The van der Waals surface area contributed by atoms with Gasteiger partial charge in [0.1, 0.15) is 6.61 Å². The topological polar surface area (TPSA) is 53.0 Å². The Morgan fingerprint density at radius 1 is 1.04 bits per heavy atom. The van der Waals surface area contributed by atoms with Crippen LogP contribution in [0.3, 0.4) is 0 Å². The minimum Gasteiger partial charge on any atom is -0.448 e. The fourth-order valence-corrected chi connectivity index (χ4v) is 4.00. The van der Waals surface area contributed by atoms with E-state index in [0.717, 1.165) is 6.54 Å². The summed E-state index contributed by atoms with van der Waals surface area (Å²) in [6.45, 7) is 2.52. The molecule has 26 heavy (non-hydrogen) atoms. The molecule has 5 nitrogen and oxygen atoms in total. The van der Waals surface area contributed by atoms with Crippen molar-refractivity contribution in [1.29, 1.82) is 0 Å². The number of ether oxygens (including phenoxy) is 1. The summed E-state index contributed by atoms with van der Waals surface area (Å²) in [5.41, 5.74) is 4.85. The Hall–Kier alpha value is -2.37. The van der Waals surface area contributed by atoms with Gasteiger partial charge in [0.25, 0.3) is 0 Å². The minimum absolute atomic E-state index is 0.0610. The van der Waals surface area contributed by atoms with Crippen LogP contribution in [0.4, 0.5) is 4.79 Å². The van der Waals surface area contributed by atoms with E-state index >= 15 is 0 Å². The van der Waals surface area contributed by atoms with Crippen LogP contribution < -0.4 is 0 Å². The fourth-order valence-electron chi connectivity index (χ4n) is 4.00. The molecule has 1 aliphatic heterocycles. The summed E-state index contributed by atoms with van der Waals surface area (Å²) < 4.78 is 5.68. The second-order valence-electron chi connectivity index (χ2n) is 7.17. The molecule has 1 amide bonds. The van der Waals surface area contributed by atoms with Gasteiger partial charge in [0, 0.05) is 25.6 Å². The maximum atomic E-state index is 12.6. The van der Waals surface area contributed by atoms with E-state index in [0.29, 0.717) is 26.2 Å². The lowest BCUT2D eigenvalue weighted by Crippen LogP contribution is -2.38. The first-order valence-corrected chi connectivity index (χ1v) is 9.10. The van der Waals surface area contributed by atoms with Crippen LogP contribution in [0.25, 0.3) is 11.1 Å². The first kappa shape index (κ1) is 17.1. The number of nitrogens with zero attached hydrogens (tertiary/aromatic N) is 2. The summed E-state index contributed by atoms with van der Waals surface area (Å²) in [5, 5.41) is 10.0. The van der Waals surface area contributed by atoms with Crippen LogP contribution in [0.2, 0.25) is 0 Å². The molecule has 2 aromatic rings. The maximum Gasteiger partial charge on any atom is 0.409 e. The van der Waals surface area contributed by atoms with E-state index in [1.54, 1.807) is 4.90 Å². The van der Waals surface area contributed by atoms with Crippen molar-refractivity contribution in [2.75, 3.05) is 39.8 Å². The second kappa shape index (κ2) is 7.09. The molecule has 1 saturated heterocycles. The van der Waals surface area contributed by atoms with Crippen molar-refractivity contribution < 1.29 is 14.6 Å². The normalized spacial score (nSPS) is 20.4. The SMILES string of the molecule is CN1CCN(C(=O)OCC2c3ccccc3-c3ccccc32)CC(O)C1. The number of aliphatic hydroxyl groups excluding tert-OH is 1. The number of β-amino-alcohol motifs (C(OH)–C–C–N with tert-alkyl or cyclic N) is 1. The third-order valence-corrected chi connectivity index (χ3v) is 5.30. The number of hydrogen-bond donors (Lipinski definition) is 1. The smallest absolute Gasteiger partial charge is 0.409 e. The number of rotatable bonds is 2. The highest BCUT2D eigenvalue weighted by molar-refractivity contribution is 5.79. The zero-order valence-electron chi connectivity index (χ0n) is 15.0. The highest BCUT2D eigenvalue weighted by Crippen LogP contribution is 2.44. The van der Waals surface area contributed by atoms with E-state index in [1.807, 2.05) is 36.2 Å². The Bertz CT molecular complexity index is 762. The van der Waals surface area contributed by atoms with Crippen molar-refractivity contribution in [1.82, 2.24) is 9.80 Å². The molecule has 1 unspecified atom stereocenters. The lowest BCUT2D eigenvalue weighted by atomic mass is 9.98. The van der Waals surface area contributed by atoms with Crippen LogP contribution in [0, 0.1) is 0 Å². The number of fused-ring (bicyclic) bond motifs is 3. The van der Waals surface area contributed by atoms with Gasteiger partial charge in [-0.25, -0.2) is 4.79 Å². The van der Waals surface area contributed by atoms with Gasteiger partial charge in [0.05, 0.1) is 12.6 Å². The van der Waals surface area contributed by atoms with Crippen molar-refractivity contribution in [2.45, 2.75) is 12.0 Å². The fraction of sp³-hybridized carbons (Fsp3) is 0.381. The molecule has 0 radical (unpaired) electrons. The number of likely N-dealkylation sites (N-methyl/N-ethyl adjacent to an activating group) is 1. The monoisotopic (exact) mass is 352 g/mol. The maximum absolute atomic E-state index is 12.6. The van der Waals surface area contributed by atoms with Crippen molar-refractivity contribution in [3.63, 3.8) is 0 Å². The second-order valence-corrected chi connectivity index (χ2v) is 7.17. The molecule has 5 heteroatoms. The lowest BCUT2D eigenvalue weighted by Gasteiger charge is -2.22. The molecule has 2 aromatic carbocycles. The standard InChI is InChI=1S/C21H24N2O3/c1-22-10-11-23(13-15(24)12-22)21(25)26-14-20-18-8-4-2-6-16(18)17-7-3-5-9-19(17)20/h2-9,15,20,24H,10-14H2,1H3. The van der Waals surface area contributed by atoms with Crippen LogP contribution in [0.1, 0.15) is 17.0 Å². The van der Waals surface area contributed by atoms with Gasteiger partial charge >= 0.3 is 6.09 Å². The lowest BCUT2D eigenvalue weighted by molar-refractivity contribution is 0.0787. The summed E-state index contributed by atoms with van der Waals surface area (Å²) in [6.07, 6.45) is -0.885. The molecule has 1 heterocycles. The summed E-state index contributed by atoms with van der Waals surface area (Å²) in [4.78, 5) is 16.2. The van der Waals surface area contributed by atoms with E-state index in [9.17, 15) is 9.90 Å². The molecule has 0 bridgehead atoms. The molecule has 0 spiro atoms. The molecule has 1 fully saturated rings. The zero-order valence-corrected chi connectivity index (χ0v) is 15.0. The molecule has 0 saturated carbocycles. The Kier molecular flexibility index (Phi) is 4.66. The number of benzene rings is 2. The van der Waals surface area contributed by atoms with Crippen LogP contribution in [0.5, 0.6) is 0 Å². The quantitative estimate of drug-likeness (QED) is 0.902. The average molecular weight is 352 g/mol. The van der Waals surface area contributed by atoms with Crippen LogP contribution in [-0.2, 0) is 4.74 Å². The minimum atomic E-state index is -0.539. The third-order valence-electron chi connectivity index (χ3n) is 5.30. The first-order chi connectivity index (χ1) is 12.6. The number of carbonyl (C=O) groups is 1. The summed E-state index contributed by atoms with van der Waals surface area (Å²) in [6, 6.07) is 16.6. The van der Waals surface area contributed by atoms with E-state index in [1.165, 1.54) is 22.3 Å². The van der Waals surface area contributed by atoms with Crippen molar-refractivity contribution in [3.05, 3.63) is 59.7 Å². The van der Waals surface area contributed by atoms with E-state index < -0.39 is 6.10 Å². The van der Waals surface area contributed by atoms with E-state index in [4.69, 9.17) is 4.74 Å². The third kappa shape index (κ3) is 3.20. The van der Waals surface area contributed by atoms with Gasteiger partial charge in [0.15, 0.2) is 0 Å². The number of aliphatic hydroxyl groups is 1. The zero-order chi connectivity index (χ0) is 18.1. The van der Waals surface area contributed by atoms with Gasteiger partial charge in [-0.05, 0) is 29.3 Å². The van der Waals surface area contributed by atoms with Gasteiger partial charge in [0.2, 0.25) is 0 Å². The Morgan fingerprint density at radius 2 is 1.65 bits per heavy atom. The molecular weight excluding hydrogens is 328 g/mol. The molecule has 1 N–H and O–H groups in total. The predicted octanol–water partition coefficient (Wildman–Crippen LogP) is 2.54. The molecule has 0 aromatic heterocycles. The summed E-state index contributed by atoms with van der Waals surface area (Å²) >= 11 is 0. The molecule has 4 rings (SSSR count). The number of amides is 1. The van der Waals surface area contributed by atoms with Gasteiger partial charge < -0.3 is 19.6 Å². The molecule has 1 aliphatic carbocycles. The molecule has 1 atom stereocenters. The van der Waals surface area contributed by atoms with Gasteiger partial charge in [-0.2, -0.15) is 0 Å². The number of hydrogen-bond acceptors (Lipinski definition) is 4. The largest absolute Gasteiger partial charge is 0.448 e. The highest BCUT2D eigenvalue weighted by atomic mass is 16.6. The molecular formula is C21H24N2O3. The van der Waals surface area contributed by atoms with E-state index in [-0.39, 0.29) is 12.0 Å². The molecule has 2 aliphatic rings. The molecule has 136 valence electrons. The number of carbonyl (C=O) groups excluding carboxylic acids is 1. The van der Waals surface area contributed by atoms with Crippen LogP contribution >= 0.6 is 0 Å². The predicted molar refractivity (Wildman–Crippen MR) is 100 cm³/mol. The van der Waals surface area contributed by atoms with Gasteiger partial charge in [-0.3, -0.25) is 0 Å². The highest BCUT2D eigenvalue weighted by Gasteiger charge is 2.30. The van der Waals surface area contributed by atoms with Crippen LogP contribution in [-0.4, -0.2) is 66.9 Å². The average Bonchev–Trinajstić information content (AvgIpc) is 2.85. The summed E-state index contributed by atoms with van der Waals surface area (Å²) in [5.74, 6) is 0.0610. The van der Waals surface area contributed by atoms with Crippen molar-refractivity contribution >= 4 is 6.09 Å². The Morgan fingerprint density at radius 3 is 2.31 bits per heavy atom. The van der Waals surface area contributed by atoms with Gasteiger partial charge in [-0.15, -0.1) is 0 Å².